The van der Waals surface area contributed by atoms with Crippen molar-refractivity contribution >= 4 is 23.4 Å². The molecule has 1 fully saturated rings. The van der Waals surface area contributed by atoms with E-state index < -0.39 is 0 Å². The summed E-state index contributed by atoms with van der Waals surface area (Å²) in [6.45, 7) is 0.976. The van der Waals surface area contributed by atoms with E-state index in [9.17, 15) is 5.11 Å². The third-order valence-corrected chi connectivity index (χ3v) is 3.39. The number of nitrogen functional groups attached to an aromatic ring is 1. The molecule has 0 bridgehead atoms. The Hall–Kier alpha value is -1.01. The highest BCUT2D eigenvalue weighted by Gasteiger charge is 2.41. The van der Waals surface area contributed by atoms with Gasteiger partial charge in [-0.05, 0) is 19.1 Å². The minimum absolute atomic E-state index is 0.0687. The van der Waals surface area contributed by atoms with Gasteiger partial charge in [0.2, 0.25) is 0 Å². The Morgan fingerprint density at radius 1 is 1.56 bits per heavy atom. The third kappa shape index (κ3) is 2.56. The Bertz CT molecular complexity index is 381. The standard InChI is InChI=1S/C10H16N4OS/c1-16-9-13-7(11)4-8(14-9)12-5-10(6-15)2-3-10/h4,15H,2-3,5-6H2,1H3,(H3,11,12,13,14). The smallest absolute Gasteiger partial charge is 0.191 e. The number of rotatable bonds is 5. The molecule has 1 aromatic rings. The highest BCUT2D eigenvalue weighted by molar-refractivity contribution is 7.98. The fraction of sp³-hybridized carbons (Fsp3) is 0.600. The lowest BCUT2D eigenvalue weighted by Gasteiger charge is -2.13. The van der Waals surface area contributed by atoms with Crippen molar-refractivity contribution in [1.29, 1.82) is 0 Å². The number of anilines is 2. The lowest BCUT2D eigenvalue weighted by atomic mass is 10.1. The highest BCUT2D eigenvalue weighted by atomic mass is 32.2. The molecule has 16 heavy (non-hydrogen) atoms. The number of nitrogens with zero attached hydrogens (tertiary/aromatic N) is 2. The minimum atomic E-state index is 0.0687. The van der Waals surface area contributed by atoms with Gasteiger partial charge in [0.15, 0.2) is 5.16 Å². The minimum Gasteiger partial charge on any atom is -0.396 e. The van der Waals surface area contributed by atoms with Gasteiger partial charge in [-0.15, -0.1) is 0 Å². The van der Waals surface area contributed by atoms with E-state index in [1.165, 1.54) is 11.8 Å². The normalized spacial score (nSPS) is 17.1. The van der Waals surface area contributed by atoms with Crippen LogP contribution in [0.1, 0.15) is 12.8 Å². The van der Waals surface area contributed by atoms with E-state index in [-0.39, 0.29) is 12.0 Å². The van der Waals surface area contributed by atoms with Crippen molar-refractivity contribution in [1.82, 2.24) is 9.97 Å². The van der Waals surface area contributed by atoms with Gasteiger partial charge in [0.1, 0.15) is 11.6 Å². The van der Waals surface area contributed by atoms with E-state index in [0.29, 0.717) is 11.0 Å². The van der Waals surface area contributed by atoms with Crippen LogP contribution in [0.3, 0.4) is 0 Å². The van der Waals surface area contributed by atoms with Crippen molar-refractivity contribution in [2.24, 2.45) is 5.41 Å². The summed E-state index contributed by atoms with van der Waals surface area (Å²) in [4.78, 5) is 8.37. The molecule has 0 spiro atoms. The molecule has 4 N–H and O–H groups in total. The summed E-state index contributed by atoms with van der Waals surface area (Å²) in [6.07, 6.45) is 4.06. The summed E-state index contributed by atoms with van der Waals surface area (Å²) in [5.41, 5.74) is 5.74. The SMILES string of the molecule is CSc1nc(N)cc(NCC2(CO)CC2)n1. The second kappa shape index (κ2) is 4.47. The van der Waals surface area contributed by atoms with Crippen molar-refractivity contribution < 1.29 is 5.11 Å². The lowest BCUT2D eigenvalue weighted by Crippen LogP contribution is -2.19. The molecule has 1 heterocycles. The van der Waals surface area contributed by atoms with Crippen LogP contribution in [0.2, 0.25) is 0 Å². The maximum absolute atomic E-state index is 9.19. The number of nitrogens with two attached hydrogens (primary N) is 1. The topological polar surface area (TPSA) is 84.1 Å². The van der Waals surface area contributed by atoms with Crippen LogP contribution >= 0.6 is 11.8 Å². The molecule has 0 aliphatic heterocycles. The summed E-state index contributed by atoms with van der Waals surface area (Å²) in [6, 6.07) is 1.72. The number of nitrogens with one attached hydrogen (secondary N) is 1. The molecule has 1 aromatic heterocycles. The van der Waals surface area contributed by atoms with Gasteiger partial charge >= 0.3 is 0 Å². The molecule has 1 saturated carbocycles. The average molecular weight is 240 g/mol. The van der Waals surface area contributed by atoms with Crippen LogP contribution in [0.4, 0.5) is 11.6 Å². The van der Waals surface area contributed by atoms with Crippen LogP contribution in [-0.2, 0) is 0 Å². The van der Waals surface area contributed by atoms with Crippen LogP contribution in [0.5, 0.6) is 0 Å². The zero-order chi connectivity index (χ0) is 11.6. The fourth-order valence-corrected chi connectivity index (χ4v) is 1.86. The number of aliphatic hydroxyl groups is 1. The molecule has 0 atom stereocenters. The molecule has 1 aliphatic carbocycles. The summed E-state index contributed by atoms with van der Waals surface area (Å²) in [5.74, 6) is 1.20. The Labute approximate surface area is 98.9 Å². The Kier molecular flexibility index (Phi) is 3.20. The molecule has 0 saturated heterocycles. The second-order valence-corrected chi connectivity index (χ2v) is 4.95. The van der Waals surface area contributed by atoms with Crippen LogP contribution in [0.25, 0.3) is 0 Å². The van der Waals surface area contributed by atoms with Gasteiger partial charge < -0.3 is 16.2 Å². The zero-order valence-corrected chi connectivity index (χ0v) is 10.0. The molecule has 0 amide bonds. The molecule has 2 rings (SSSR count). The first-order valence-electron chi connectivity index (χ1n) is 5.21. The first-order chi connectivity index (χ1) is 7.67. The van der Waals surface area contributed by atoms with Crippen molar-refractivity contribution in [3.63, 3.8) is 0 Å². The summed E-state index contributed by atoms with van der Waals surface area (Å²) < 4.78 is 0. The highest BCUT2D eigenvalue weighted by Crippen LogP contribution is 2.44. The average Bonchev–Trinajstić information content (AvgIpc) is 3.06. The number of aromatic nitrogens is 2. The van der Waals surface area contributed by atoms with E-state index in [1.807, 2.05) is 6.26 Å². The molecule has 0 unspecified atom stereocenters. The van der Waals surface area contributed by atoms with Gasteiger partial charge in [-0.3, -0.25) is 0 Å². The lowest BCUT2D eigenvalue weighted by molar-refractivity contribution is 0.219. The van der Waals surface area contributed by atoms with Gasteiger partial charge in [0, 0.05) is 18.0 Å². The maximum atomic E-state index is 9.19. The molecule has 5 nitrogen and oxygen atoms in total. The maximum Gasteiger partial charge on any atom is 0.191 e. The van der Waals surface area contributed by atoms with Crippen LogP contribution in [-0.4, -0.2) is 34.5 Å². The summed E-state index contributed by atoms with van der Waals surface area (Å²) >= 11 is 1.46. The van der Waals surface area contributed by atoms with Crippen molar-refractivity contribution in [3.05, 3.63) is 6.07 Å². The van der Waals surface area contributed by atoms with Crippen molar-refractivity contribution in [3.8, 4) is 0 Å². The zero-order valence-electron chi connectivity index (χ0n) is 9.23. The van der Waals surface area contributed by atoms with Gasteiger partial charge in [-0.1, -0.05) is 11.8 Å². The van der Waals surface area contributed by atoms with Gasteiger partial charge in [-0.25, -0.2) is 9.97 Å². The monoisotopic (exact) mass is 240 g/mol. The van der Waals surface area contributed by atoms with Gasteiger partial charge in [-0.2, -0.15) is 0 Å². The number of aliphatic hydroxyl groups excluding tert-OH is 1. The van der Waals surface area contributed by atoms with Crippen LogP contribution < -0.4 is 11.1 Å². The van der Waals surface area contributed by atoms with E-state index >= 15 is 0 Å². The van der Waals surface area contributed by atoms with Gasteiger partial charge in [0.25, 0.3) is 0 Å². The fourth-order valence-electron chi connectivity index (χ4n) is 1.47. The first-order valence-corrected chi connectivity index (χ1v) is 6.43. The molecule has 0 radical (unpaired) electrons. The molecule has 6 heteroatoms. The summed E-state index contributed by atoms with van der Waals surface area (Å²) in [5, 5.41) is 13.1. The molecular formula is C10H16N4OS. The molecule has 0 aromatic carbocycles. The number of hydrogen-bond donors (Lipinski definition) is 3. The second-order valence-electron chi connectivity index (χ2n) is 4.18. The Balaban J connectivity index is 2.01. The largest absolute Gasteiger partial charge is 0.396 e. The van der Waals surface area contributed by atoms with Crippen LogP contribution in [0, 0.1) is 5.41 Å². The Morgan fingerprint density at radius 3 is 2.88 bits per heavy atom. The van der Waals surface area contributed by atoms with Gasteiger partial charge in [0.05, 0.1) is 6.61 Å². The number of thioether (sulfide) groups is 1. The van der Waals surface area contributed by atoms with E-state index in [1.54, 1.807) is 6.07 Å². The summed E-state index contributed by atoms with van der Waals surface area (Å²) in [7, 11) is 0. The van der Waals surface area contributed by atoms with E-state index in [2.05, 4.69) is 15.3 Å². The number of hydrogen-bond acceptors (Lipinski definition) is 6. The van der Waals surface area contributed by atoms with E-state index in [0.717, 1.165) is 25.2 Å². The van der Waals surface area contributed by atoms with Crippen molar-refractivity contribution in [2.75, 3.05) is 30.5 Å². The molecule has 1 aliphatic rings. The first kappa shape index (κ1) is 11.5. The molecular weight excluding hydrogens is 224 g/mol. The third-order valence-electron chi connectivity index (χ3n) is 2.85. The predicted molar refractivity (Wildman–Crippen MR) is 65.5 cm³/mol. The predicted octanol–water partition coefficient (Wildman–Crippen LogP) is 0.965. The quantitative estimate of drug-likeness (QED) is 0.525. The van der Waals surface area contributed by atoms with Crippen molar-refractivity contribution in [2.45, 2.75) is 18.0 Å². The van der Waals surface area contributed by atoms with Crippen LogP contribution in [0.15, 0.2) is 11.2 Å². The Morgan fingerprint density at radius 2 is 2.31 bits per heavy atom. The van der Waals surface area contributed by atoms with E-state index in [4.69, 9.17) is 5.73 Å². The molecule has 88 valence electrons.